The molecule has 0 aromatic rings. The molecule has 2 amide bonds. The highest BCUT2D eigenvalue weighted by Crippen LogP contribution is 2.12. The number of hydrogen-bond donors (Lipinski definition) is 2. The van der Waals surface area contributed by atoms with Crippen molar-refractivity contribution < 1.29 is 19.4 Å². The quantitative estimate of drug-likeness (QED) is 0.638. The molecule has 1 aliphatic heterocycles. The maximum Gasteiger partial charge on any atom is 0.317 e. The van der Waals surface area contributed by atoms with Crippen molar-refractivity contribution in [2.45, 2.75) is 38.7 Å². The van der Waals surface area contributed by atoms with Crippen molar-refractivity contribution in [3.05, 3.63) is 0 Å². The number of nitrogens with zero attached hydrogens (tertiary/aromatic N) is 1. The SMILES string of the molecule is CCCCCOC1CN(C(=O)NCCC(=O)O)C1. The molecule has 104 valence electrons. The lowest BCUT2D eigenvalue weighted by Crippen LogP contribution is -2.57. The summed E-state index contributed by atoms with van der Waals surface area (Å²) in [5.74, 6) is -0.906. The normalized spacial score (nSPS) is 15.3. The molecule has 1 fully saturated rings. The van der Waals surface area contributed by atoms with Crippen molar-refractivity contribution >= 4 is 12.0 Å². The van der Waals surface area contributed by atoms with Crippen molar-refractivity contribution in [1.29, 1.82) is 0 Å². The molecule has 0 atom stereocenters. The van der Waals surface area contributed by atoms with Crippen LogP contribution in [0.4, 0.5) is 4.79 Å². The number of unbranched alkanes of at least 4 members (excludes halogenated alkanes) is 2. The second kappa shape index (κ2) is 7.92. The van der Waals surface area contributed by atoms with Gasteiger partial charge in [-0.3, -0.25) is 4.79 Å². The summed E-state index contributed by atoms with van der Waals surface area (Å²) in [5.41, 5.74) is 0. The molecule has 1 aliphatic rings. The molecule has 0 aliphatic carbocycles. The van der Waals surface area contributed by atoms with Crippen molar-refractivity contribution in [3.63, 3.8) is 0 Å². The zero-order chi connectivity index (χ0) is 13.4. The fraction of sp³-hybridized carbons (Fsp3) is 0.833. The monoisotopic (exact) mass is 258 g/mol. The molecule has 6 nitrogen and oxygen atoms in total. The number of rotatable bonds is 8. The molecular weight excluding hydrogens is 236 g/mol. The average Bonchev–Trinajstić information content (AvgIpc) is 2.25. The van der Waals surface area contributed by atoms with Gasteiger partial charge in [0.2, 0.25) is 0 Å². The van der Waals surface area contributed by atoms with Crippen LogP contribution >= 0.6 is 0 Å². The number of carboxylic acids is 1. The van der Waals surface area contributed by atoms with Gasteiger partial charge < -0.3 is 20.1 Å². The van der Waals surface area contributed by atoms with Crippen LogP contribution in [0.3, 0.4) is 0 Å². The number of aliphatic carboxylic acids is 1. The summed E-state index contributed by atoms with van der Waals surface area (Å²) < 4.78 is 5.59. The highest BCUT2D eigenvalue weighted by atomic mass is 16.5. The summed E-state index contributed by atoms with van der Waals surface area (Å²) in [7, 11) is 0. The Morgan fingerprint density at radius 3 is 2.72 bits per heavy atom. The van der Waals surface area contributed by atoms with Crippen LogP contribution in [0.2, 0.25) is 0 Å². The lowest BCUT2D eigenvalue weighted by atomic mass is 10.2. The maximum absolute atomic E-state index is 11.5. The van der Waals surface area contributed by atoms with E-state index in [4.69, 9.17) is 9.84 Å². The van der Waals surface area contributed by atoms with Gasteiger partial charge in [0.15, 0.2) is 0 Å². The number of carbonyl (C=O) groups excluding carboxylic acids is 1. The number of likely N-dealkylation sites (tertiary alicyclic amines) is 1. The third-order valence-corrected chi connectivity index (χ3v) is 2.85. The lowest BCUT2D eigenvalue weighted by molar-refractivity contribution is -0.136. The van der Waals surface area contributed by atoms with E-state index in [0.717, 1.165) is 13.0 Å². The van der Waals surface area contributed by atoms with Crippen molar-refractivity contribution in [2.75, 3.05) is 26.2 Å². The second-order valence-corrected chi connectivity index (χ2v) is 4.48. The molecule has 0 aromatic carbocycles. The molecule has 2 N–H and O–H groups in total. The molecule has 1 heterocycles. The second-order valence-electron chi connectivity index (χ2n) is 4.48. The van der Waals surface area contributed by atoms with Gasteiger partial charge in [0.25, 0.3) is 0 Å². The average molecular weight is 258 g/mol. The van der Waals surface area contributed by atoms with Crippen LogP contribution < -0.4 is 5.32 Å². The van der Waals surface area contributed by atoms with E-state index in [1.54, 1.807) is 4.90 Å². The van der Waals surface area contributed by atoms with Crippen LogP contribution in [0.25, 0.3) is 0 Å². The van der Waals surface area contributed by atoms with E-state index in [1.165, 1.54) is 12.8 Å². The highest BCUT2D eigenvalue weighted by Gasteiger charge is 2.30. The molecule has 1 rings (SSSR count). The third-order valence-electron chi connectivity index (χ3n) is 2.85. The molecular formula is C12H22N2O4. The van der Waals surface area contributed by atoms with Gasteiger partial charge in [0, 0.05) is 13.2 Å². The molecule has 0 aromatic heterocycles. The van der Waals surface area contributed by atoms with Gasteiger partial charge in [0.05, 0.1) is 25.6 Å². The summed E-state index contributed by atoms with van der Waals surface area (Å²) >= 11 is 0. The van der Waals surface area contributed by atoms with E-state index in [2.05, 4.69) is 12.2 Å². The Morgan fingerprint density at radius 2 is 2.11 bits per heavy atom. The van der Waals surface area contributed by atoms with Gasteiger partial charge in [-0.2, -0.15) is 0 Å². The number of hydrogen-bond acceptors (Lipinski definition) is 3. The molecule has 0 radical (unpaired) electrons. The molecule has 0 unspecified atom stereocenters. The number of nitrogens with one attached hydrogen (secondary N) is 1. The Bertz CT molecular complexity index is 277. The van der Waals surface area contributed by atoms with Crippen LogP contribution in [-0.4, -0.2) is 54.4 Å². The minimum atomic E-state index is -0.906. The van der Waals surface area contributed by atoms with Crippen molar-refractivity contribution in [1.82, 2.24) is 10.2 Å². The van der Waals surface area contributed by atoms with E-state index in [0.29, 0.717) is 13.1 Å². The molecule has 0 saturated carbocycles. The number of urea groups is 1. The summed E-state index contributed by atoms with van der Waals surface area (Å²) in [5, 5.41) is 11.0. The predicted molar refractivity (Wildman–Crippen MR) is 66.5 cm³/mol. The van der Waals surface area contributed by atoms with Crippen LogP contribution in [0.5, 0.6) is 0 Å². The third kappa shape index (κ3) is 5.35. The molecule has 18 heavy (non-hydrogen) atoms. The van der Waals surface area contributed by atoms with E-state index in [-0.39, 0.29) is 25.1 Å². The van der Waals surface area contributed by atoms with E-state index >= 15 is 0 Å². The van der Waals surface area contributed by atoms with Crippen LogP contribution in [-0.2, 0) is 9.53 Å². The van der Waals surface area contributed by atoms with Crippen LogP contribution in [0.1, 0.15) is 32.6 Å². The summed E-state index contributed by atoms with van der Waals surface area (Å²) in [6, 6.07) is -0.204. The fourth-order valence-electron chi connectivity index (χ4n) is 1.70. The van der Waals surface area contributed by atoms with Gasteiger partial charge in [-0.1, -0.05) is 19.8 Å². The fourth-order valence-corrected chi connectivity index (χ4v) is 1.70. The number of carbonyl (C=O) groups is 2. The van der Waals surface area contributed by atoms with Crippen molar-refractivity contribution in [2.24, 2.45) is 0 Å². The topological polar surface area (TPSA) is 78.9 Å². The molecule has 6 heteroatoms. The Labute approximate surface area is 107 Å². The summed E-state index contributed by atoms with van der Waals surface area (Å²) in [6.07, 6.45) is 3.51. The van der Waals surface area contributed by atoms with E-state index in [1.807, 2.05) is 0 Å². The smallest absolute Gasteiger partial charge is 0.317 e. The Hall–Kier alpha value is -1.30. The summed E-state index contributed by atoms with van der Waals surface area (Å²) in [6.45, 7) is 4.28. The highest BCUT2D eigenvalue weighted by molar-refractivity contribution is 5.76. The zero-order valence-electron chi connectivity index (χ0n) is 10.9. The minimum absolute atomic E-state index is 0.0451. The molecule has 0 spiro atoms. The maximum atomic E-state index is 11.5. The van der Waals surface area contributed by atoms with Gasteiger partial charge >= 0.3 is 12.0 Å². The Balaban J connectivity index is 1.99. The van der Waals surface area contributed by atoms with Crippen LogP contribution in [0.15, 0.2) is 0 Å². The molecule has 1 saturated heterocycles. The van der Waals surface area contributed by atoms with Gasteiger partial charge in [0.1, 0.15) is 0 Å². The summed E-state index contributed by atoms with van der Waals surface area (Å²) in [4.78, 5) is 23.4. The number of ether oxygens (including phenoxy) is 1. The van der Waals surface area contributed by atoms with Crippen LogP contribution in [0, 0.1) is 0 Å². The first-order valence-corrected chi connectivity index (χ1v) is 6.49. The minimum Gasteiger partial charge on any atom is -0.481 e. The van der Waals surface area contributed by atoms with Crippen molar-refractivity contribution in [3.8, 4) is 0 Å². The number of carboxylic acid groups (broad SMARTS) is 1. The first-order chi connectivity index (χ1) is 8.63. The van der Waals surface area contributed by atoms with Gasteiger partial charge in [-0.25, -0.2) is 4.79 Å². The van der Waals surface area contributed by atoms with Gasteiger partial charge in [-0.05, 0) is 6.42 Å². The Kier molecular flexibility index (Phi) is 6.49. The Morgan fingerprint density at radius 1 is 1.39 bits per heavy atom. The lowest BCUT2D eigenvalue weighted by Gasteiger charge is -2.38. The predicted octanol–water partition coefficient (Wildman–Crippen LogP) is 1.06. The standard InChI is InChI=1S/C12H22N2O4/c1-2-3-4-7-18-10-8-14(9-10)12(17)13-6-5-11(15)16/h10H,2-9H2,1H3,(H,13,17)(H,15,16). The first-order valence-electron chi connectivity index (χ1n) is 6.49. The largest absolute Gasteiger partial charge is 0.481 e. The zero-order valence-corrected chi connectivity index (χ0v) is 10.9. The first kappa shape index (κ1) is 14.8. The van der Waals surface area contributed by atoms with E-state index < -0.39 is 5.97 Å². The molecule has 0 bridgehead atoms. The van der Waals surface area contributed by atoms with Gasteiger partial charge in [-0.15, -0.1) is 0 Å². The number of amides is 2. The van der Waals surface area contributed by atoms with E-state index in [9.17, 15) is 9.59 Å².